The van der Waals surface area contributed by atoms with Crippen molar-refractivity contribution in [3.63, 3.8) is 0 Å². The smallest absolute Gasteiger partial charge is 0.236 e. The quantitative estimate of drug-likeness (QED) is 0.778. The Labute approximate surface area is 171 Å². The maximum atomic E-state index is 12.5. The number of carbonyl (C=O) groups excluding carboxylic acids is 1. The molecular weight excluding hydrogens is 396 g/mol. The minimum Gasteiger partial charge on any atom is -0.352 e. The van der Waals surface area contributed by atoms with Gasteiger partial charge in [0.25, 0.3) is 0 Å². The zero-order valence-electron chi connectivity index (χ0n) is 15.4. The first-order valence-electron chi connectivity index (χ1n) is 9.19. The van der Waals surface area contributed by atoms with Gasteiger partial charge in [0.2, 0.25) is 15.9 Å². The Kier molecular flexibility index (Phi) is 6.88. The maximum Gasteiger partial charge on any atom is 0.236 e. The fraction of sp³-hybridized carbons (Fsp3) is 0.286. The second-order valence-electron chi connectivity index (χ2n) is 6.78. The van der Waals surface area contributed by atoms with Crippen LogP contribution >= 0.6 is 11.6 Å². The summed E-state index contributed by atoms with van der Waals surface area (Å²) in [5.74, 6) is -0.173. The molecule has 2 aromatic carbocycles. The van der Waals surface area contributed by atoms with Crippen LogP contribution in [0.15, 0.2) is 60.0 Å². The van der Waals surface area contributed by atoms with Crippen LogP contribution in [0.3, 0.4) is 0 Å². The summed E-state index contributed by atoms with van der Waals surface area (Å²) in [6, 6.07) is 16.7. The van der Waals surface area contributed by atoms with Crippen LogP contribution in [0.4, 0.5) is 0 Å². The number of hydrogen-bond donors (Lipinski definition) is 1. The van der Waals surface area contributed by atoms with Crippen molar-refractivity contribution in [3.05, 3.63) is 76.2 Å². The first-order chi connectivity index (χ1) is 13.4. The van der Waals surface area contributed by atoms with E-state index >= 15 is 0 Å². The van der Waals surface area contributed by atoms with Gasteiger partial charge in [0, 0.05) is 36.0 Å². The SMILES string of the molecule is O=C(NCc1ccccc1)C1CCN(S(=O)(=O)/C=C/c2ccc(Cl)cc2)CC1. The zero-order valence-corrected chi connectivity index (χ0v) is 17.0. The van der Waals surface area contributed by atoms with E-state index in [4.69, 9.17) is 11.6 Å². The van der Waals surface area contributed by atoms with Gasteiger partial charge in [-0.05, 0) is 42.2 Å². The molecule has 0 aliphatic carbocycles. The van der Waals surface area contributed by atoms with Gasteiger partial charge >= 0.3 is 0 Å². The Morgan fingerprint density at radius 2 is 1.71 bits per heavy atom. The Hall–Kier alpha value is -2.15. The highest BCUT2D eigenvalue weighted by Gasteiger charge is 2.29. The summed E-state index contributed by atoms with van der Waals surface area (Å²) < 4.78 is 26.5. The molecule has 1 aliphatic heterocycles. The molecule has 0 saturated carbocycles. The lowest BCUT2D eigenvalue weighted by atomic mass is 9.97. The van der Waals surface area contributed by atoms with Gasteiger partial charge in [0.05, 0.1) is 0 Å². The molecule has 5 nitrogen and oxygen atoms in total. The first-order valence-corrected chi connectivity index (χ1v) is 11.1. The van der Waals surface area contributed by atoms with E-state index in [0.717, 1.165) is 11.1 Å². The van der Waals surface area contributed by atoms with Crippen LogP contribution in [-0.2, 0) is 21.4 Å². The van der Waals surface area contributed by atoms with E-state index in [-0.39, 0.29) is 11.8 Å². The number of hydrogen-bond acceptors (Lipinski definition) is 3. The van der Waals surface area contributed by atoms with Crippen LogP contribution in [0, 0.1) is 5.92 Å². The standard InChI is InChI=1S/C21H23ClN2O3S/c22-20-8-6-17(7-9-20)12-15-28(26,27)24-13-10-19(11-14-24)21(25)23-16-18-4-2-1-3-5-18/h1-9,12,15,19H,10-11,13-14,16H2,(H,23,25)/b15-12+. The Morgan fingerprint density at radius 1 is 1.07 bits per heavy atom. The van der Waals surface area contributed by atoms with Crippen LogP contribution < -0.4 is 5.32 Å². The number of piperidine rings is 1. The molecule has 7 heteroatoms. The van der Waals surface area contributed by atoms with Gasteiger partial charge in [-0.15, -0.1) is 0 Å². The molecule has 0 atom stereocenters. The highest BCUT2D eigenvalue weighted by Crippen LogP contribution is 2.21. The Balaban J connectivity index is 1.50. The molecule has 0 aromatic heterocycles. The molecule has 1 N–H and O–H groups in total. The van der Waals surface area contributed by atoms with Crippen LogP contribution in [0.5, 0.6) is 0 Å². The van der Waals surface area contributed by atoms with E-state index in [1.54, 1.807) is 30.3 Å². The summed E-state index contributed by atoms with van der Waals surface area (Å²) in [6.45, 7) is 1.18. The topological polar surface area (TPSA) is 66.5 Å². The lowest BCUT2D eigenvalue weighted by Crippen LogP contribution is -2.42. The predicted molar refractivity (Wildman–Crippen MR) is 112 cm³/mol. The number of nitrogens with zero attached hydrogens (tertiary/aromatic N) is 1. The van der Waals surface area contributed by atoms with Gasteiger partial charge in [0.15, 0.2) is 0 Å². The van der Waals surface area contributed by atoms with E-state index in [1.165, 1.54) is 9.71 Å². The first kappa shape index (κ1) is 20.6. The van der Waals surface area contributed by atoms with Gasteiger partial charge in [-0.25, -0.2) is 8.42 Å². The number of rotatable bonds is 6. The molecular formula is C21H23ClN2O3S. The van der Waals surface area contributed by atoms with Gasteiger partial charge in [-0.1, -0.05) is 54.1 Å². The normalized spacial score (nSPS) is 16.3. The Bertz CT molecular complexity index is 920. The van der Waals surface area contributed by atoms with Crippen molar-refractivity contribution in [2.75, 3.05) is 13.1 Å². The van der Waals surface area contributed by atoms with Crippen LogP contribution in [0.25, 0.3) is 6.08 Å². The summed E-state index contributed by atoms with van der Waals surface area (Å²) in [6.07, 6.45) is 2.60. The Morgan fingerprint density at radius 3 is 2.36 bits per heavy atom. The van der Waals surface area contributed by atoms with Crippen molar-refractivity contribution in [1.82, 2.24) is 9.62 Å². The molecule has 1 amide bonds. The average Bonchev–Trinajstić information content (AvgIpc) is 2.72. The van der Waals surface area contributed by atoms with Gasteiger partial charge in [-0.2, -0.15) is 4.31 Å². The van der Waals surface area contributed by atoms with Crippen molar-refractivity contribution in [2.24, 2.45) is 5.92 Å². The second kappa shape index (κ2) is 9.37. The monoisotopic (exact) mass is 418 g/mol. The van der Waals surface area contributed by atoms with Crippen molar-refractivity contribution in [3.8, 4) is 0 Å². The van der Waals surface area contributed by atoms with E-state index < -0.39 is 10.0 Å². The van der Waals surface area contributed by atoms with Gasteiger partial charge in [0.1, 0.15) is 0 Å². The van der Waals surface area contributed by atoms with E-state index in [2.05, 4.69) is 5.32 Å². The fourth-order valence-electron chi connectivity index (χ4n) is 3.13. The number of carbonyl (C=O) groups is 1. The molecule has 3 rings (SSSR count). The van der Waals surface area contributed by atoms with Crippen LogP contribution in [-0.4, -0.2) is 31.7 Å². The largest absolute Gasteiger partial charge is 0.352 e. The summed E-state index contributed by atoms with van der Waals surface area (Å²) in [4.78, 5) is 12.4. The molecule has 1 fully saturated rings. The third-order valence-corrected chi connectivity index (χ3v) is 6.61. The van der Waals surface area contributed by atoms with Crippen LogP contribution in [0.1, 0.15) is 24.0 Å². The van der Waals surface area contributed by atoms with Gasteiger partial charge < -0.3 is 5.32 Å². The highest BCUT2D eigenvalue weighted by molar-refractivity contribution is 7.92. The highest BCUT2D eigenvalue weighted by atomic mass is 35.5. The number of sulfonamides is 1. The maximum absolute atomic E-state index is 12.5. The zero-order chi connectivity index (χ0) is 20.0. The van der Waals surface area contributed by atoms with E-state index in [9.17, 15) is 13.2 Å². The third kappa shape index (κ3) is 5.67. The minimum atomic E-state index is -3.51. The molecule has 1 heterocycles. The van der Waals surface area contributed by atoms with Crippen molar-refractivity contribution in [2.45, 2.75) is 19.4 Å². The molecule has 1 aliphatic rings. The second-order valence-corrected chi connectivity index (χ2v) is 9.03. The van der Waals surface area contributed by atoms with Crippen molar-refractivity contribution >= 4 is 33.6 Å². The molecule has 0 radical (unpaired) electrons. The molecule has 28 heavy (non-hydrogen) atoms. The van der Waals surface area contributed by atoms with Gasteiger partial charge in [-0.3, -0.25) is 4.79 Å². The molecule has 0 spiro atoms. The lowest BCUT2D eigenvalue weighted by molar-refractivity contribution is -0.126. The predicted octanol–water partition coefficient (Wildman–Crippen LogP) is 3.67. The van der Waals surface area contributed by atoms with E-state index in [0.29, 0.717) is 37.5 Å². The summed E-state index contributed by atoms with van der Waals surface area (Å²) in [7, 11) is -3.51. The van der Waals surface area contributed by atoms with Crippen molar-refractivity contribution < 1.29 is 13.2 Å². The number of benzene rings is 2. The average molecular weight is 419 g/mol. The summed E-state index contributed by atoms with van der Waals surface area (Å²) in [5.41, 5.74) is 1.81. The minimum absolute atomic E-state index is 0.0161. The number of nitrogens with one attached hydrogen (secondary N) is 1. The van der Waals surface area contributed by atoms with Crippen LogP contribution in [0.2, 0.25) is 5.02 Å². The molecule has 148 valence electrons. The lowest BCUT2D eigenvalue weighted by Gasteiger charge is -2.29. The molecule has 1 saturated heterocycles. The number of amides is 1. The molecule has 0 bridgehead atoms. The number of halogens is 1. The molecule has 2 aromatic rings. The summed E-state index contributed by atoms with van der Waals surface area (Å²) >= 11 is 5.84. The van der Waals surface area contributed by atoms with Crippen molar-refractivity contribution in [1.29, 1.82) is 0 Å². The summed E-state index contributed by atoms with van der Waals surface area (Å²) in [5, 5.41) is 4.76. The van der Waals surface area contributed by atoms with E-state index in [1.807, 2.05) is 30.3 Å². The molecule has 0 unspecified atom stereocenters. The third-order valence-electron chi connectivity index (χ3n) is 4.80. The fourth-order valence-corrected chi connectivity index (χ4v) is 4.47.